The Balaban J connectivity index is 2.06. The van der Waals surface area contributed by atoms with Crippen LogP contribution in [0.3, 0.4) is 0 Å². The van der Waals surface area contributed by atoms with Gasteiger partial charge in [-0.15, -0.1) is 0 Å². The van der Waals surface area contributed by atoms with Crippen LogP contribution in [0.5, 0.6) is 11.5 Å². The van der Waals surface area contributed by atoms with Crippen molar-refractivity contribution in [3.8, 4) is 22.8 Å². The van der Waals surface area contributed by atoms with Crippen LogP contribution < -0.4 is 20.5 Å². The number of nitrogens with one attached hydrogen (secondary N) is 1. The number of nitrogens with zero attached hydrogens (tertiary/aromatic N) is 2. The minimum Gasteiger partial charge on any atom is -0.454 e. The second-order valence-electron chi connectivity index (χ2n) is 3.81. The van der Waals surface area contributed by atoms with Crippen molar-refractivity contribution in [2.45, 2.75) is 0 Å². The first kappa shape index (κ1) is 10.6. The zero-order valence-corrected chi connectivity index (χ0v) is 9.80. The second-order valence-corrected chi connectivity index (χ2v) is 3.81. The Labute approximate surface area is 104 Å². The third-order valence-electron chi connectivity index (χ3n) is 2.67. The van der Waals surface area contributed by atoms with Gasteiger partial charge in [0.1, 0.15) is 5.82 Å². The van der Waals surface area contributed by atoms with Crippen LogP contribution in [0.4, 0.5) is 11.8 Å². The Hall–Kier alpha value is -2.50. The summed E-state index contributed by atoms with van der Waals surface area (Å²) < 4.78 is 10.6. The molecule has 2 heterocycles. The van der Waals surface area contributed by atoms with Gasteiger partial charge in [-0.05, 0) is 18.2 Å². The molecule has 0 fully saturated rings. The molecule has 0 saturated heterocycles. The Morgan fingerprint density at radius 2 is 2.00 bits per heavy atom. The van der Waals surface area contributed by atoms with Gasteiger partial charge < -0.3 is 20.5 Å². The molecule has 0 atom stereocenters. The molecule has 18 heavy (non-hydrogen) atoms. The fraction of sp³-hybridized carbons (Fsp3) is 0.167. The molecule has 2 aromatic rings. The molecule has 1 aliphatic heterocycles. The zero-order chi connectivity index (χ0) is 12.5. The van der Waals surface area contributed by atoms with Gasteiger partial charge in [0.05, 0.1) is 5.69 Å². The minimum atomic E-state index is 0.231. The van der Waals surface area contributed by atoms with Gasteiger partial charge in [-0.1, -0.05) is 0 Å². The fourth-order valence-electron chi connectivity index (χ4n) is 1.80. The van der Waals surface area contributed by atoms with Gasteiger partial charge in [0, 0.05) is 18.7 Å². The first-order chi connectivity index (χ1) is 8.76. The van der Waals surface area contributed by atoms with Crippen LogP contribution >= 0.6 is 0 Å². The SMILES string of the molecule is CNc1cc(-c2ccc3c(c2)OCO3)nc(N)n1. The number of nitrogen functional groups attached to an aromatic ring is 1. The standard InChI is InChI=1S/C12H12N4O2/c1-14-11-5-8(15-12(13)16-11)7-2-3-9-10(4-7)18-6-17-9/h2-5H,6H2,1H3,(H3,13,14,15,16). The number of ether oxygens (including phenoxy) is 2. The van der Waals surface area contributed by atoms with Gasteiger partial charge in [0.25, 0.3) is 0 Å². The summed E-state index contributed by atoms with van der Waals surface area (Å²) in [6, 6.07) is 7.47. The molecule has 1 aromatic heterocycles. The monoisotopic (exact) mass is 244 g/mol. The summed E-state index contributed by atoms with van der Waals surface area (Å²) in [5.74, 6) is 2.37. The quantitative estimate of drug-likeness (QED) is 0.833. The largest absolute Gasteiger partial charge is 0.454 e. The highest BCUT2D eigenvalue weighted by atomic mass is 16.7. The van der Waals surface area contributed by atoms with Crippen LogP contribution in [0.1, 0.15) is 0 Å². The zero-order valence-electron chi connectivity index (χ0n) is 9.80. The fourth-order valence-corrected chi connectivity index (χ4v) is 1.80. The van der Waals surface area contributed by atoms with Crippen LogP contribution in [0.15, 0.2) is 24.3 Å². The van der Waals surface area contributed by atoms with Crippen molar-refractivity contribution in [3.05, 3.63) is 24.3 Å². The molecule has 1 aliphatic rings. The van der Waals surface area contributed by atoms with Crippen molar-refractivity contribution in [2.24, 2.45) is 0 Å². The van der Waals surface area contributed by atoms with E-state index < -0.39 is 0 Å². The molecule has 0 aliphatic carbocycles. The van der Waals surface area contributed by atoms with E-state index in [9.17, 15) is 0 Å². The number of hydrogen-bond donors (Lipinski definition) is 2. The molecule has 0 saturated carbocycles. The molecule has 1 aromatic carbocycles. The third kappa shape index (κ3) is 1.77. The van der Waals surface area contributed by atoms with Gasteiger partial charge in [-0.25, -0.2) is 4.98 Å². The molecule has 3 N–H and O–H groups in total. The molecule has 6 heteroatoms. The average molecular weight is 244 g/mol. The summed E-state index contributed by atoms with van der Waals surface area (Å²) in [6.45, 7) is 0.256. The number of nitrogens with two attached hydrogens (primary N) is 1. The Bertz CT molecular complexity index is 601. The Morgan fingerprint density at radius 1 is 1.17 bits per heavy atom. The molecular weight excluding hydrogens is 232 g/mol. The van der Waals surface area contributed by atoms with E-state index in [-0.39, 0.29) is 12.7 Å². The molecule has 0 unspecified atom stereocenters. The summed E-state index contributed by atoms with van der Waals surface area (Å²) in [6.07, 6.45) is 0. The molecule has 6 nitrogen and oxygen atoms in total. The van der Waals surface area contributed by atoms with E-state index in [0.717, 1.165) is 22.8 Å². The summed E-state index contributed by atoms with van der Waals surface area (Å²) in [7, 11) is 1.78. The molecular formula is C12H12N4O2. The predicted molar refractivity (Wildman–Crippen MR) is 67.6 cm³/mol. The molecule has 0 amide bonds. The smallest absolute Gasteiger partial charge is 0.231 e. The molecule has 0 spiro atoms. The Morgan fingerprint density at radius 3 is 2.83 bits per heavy atom. The number of hydrogen-bond acceptors (Lipinski definition) is 6. The van der Waals surface area contributed by atoms with Crippen molar-refractivity contribution in [2.75, 3.05) is 24.9 Å². The lowest BCUT2D eigenvalue weighted by Crippen LogP contribution is -2.01. The van der Waals surface area contributed by atoms with Crippen molar-refractivity contribution in [3.63, 3.8) is 0 Å². The Kier molecular flexibility index (Phi) is 2.40. The lowest BCUT2D eigenvalue weighted by atomic mass is 10.1. The second kappa shape index (κ2) is 4.06. The average Bonchev–Trinajstić information content (AvgIpc) is 2.85. The van der Waals surface area contributed by atoms with Gasteiger partial charge in [-0.2, -0.15) is 4.98 Å². The molecule has 3 rings (SSSR count). The van der Waals surface area contributed by atoms with Crippen LogP contribution in [0.25, 0.3) is 11.3 Å². The molecule has 0 radical (unpaired) electrons. The van der Waals surface area contributed by atoms with Crippen molar-refractivity contribution in [1.29, 1.82) is 0 Å². The molecule has 92 valence electrons. The lowest BCUT2D eigenvalue weighted by molar-refractivity contribution is 0.174. The van der Waals surface area contributed by atoms with Crippen LogP contribution in [0, 0.1) is 0 Å². The number of aromatic nitrogens is 2. The normalized spacial score (nSPS) is 12.5. The van der Waals surface area contributed by atoms with Crippen LogP contribution in [-0.4, -0.2) is 23.8 Å². The van der Waals surface area contributed by atoms with Crippen molar-refractivity contribution >= 4 is 11.8 Å². The van der Waals surface area contributed by atoms with Crippen molar-refractivity contribution < 1.29 is 9.47 Å². The number of anilines is 2. The van der Waals surface area contributed by atoms with E-state index in [1.54, 1.807) is 7.05 Å². The van der Waals surface area contributed by atoms with Gasteiger partial charge in [0.15, 0.2) is 11.5 Å². The lowest BCUT2D eigenvalue weighted by Gasteiger charge is -2.06. The highest BCUT2D eigenvalue weighted by Gasteiger charge is 2.14. The highest BCUT2D eigenvalue weighted by Crippen LogP contribution is 2.35. The first-order valence-corrected chi connectivity index (χ1v) is 5.48. The number of fused-ring (bicyclic) bond motifs is 1. The first-order valence-electron chi connectivity index (χ1n) is 5.48. The summed E-state index contributed by atoms with van der Waals surface area (Å²) in [5, 5.41) is 2.94. The van der Waals surface area contributed by atoms with Crippen molar-refractivity contribution in [1.82, 2.24) is 9.97 Å². The van der Waals surface area contributed by atoms with Crippen LogP contribution in [0.2, 0.25) is 0 Å². The van der Waals surface area contributed by atoms with Gasteiger partial charge in [-0.3, -0.25) is 0 Å². The minimum absolute atomic E-state index is 0.231. The van der Waals surface area contributed by atoms with Gasteiger partial charge >= 0.3 is 0 Å². The van der Waals surface area contributed by atoms with Gasteiger partial charge in [0.2, 0.25) is 12.7 Å². The summed E-state index contributed by atoms with van der Waals surface area (Å²) in [4.78, 5) is 8.26. The maximum atomic E-state index is 5.67. The topological polar surface area (TPSA) is 82.3 Å². The highest BCUT2D eigenvalue weighted by molar-refractivity contribution is 5.67. The maximum absolute atomic E-state index is 5.67. The summed E-state index contributed by atoms with van der Waals surface area (Å²) in [5.41, 5.74) is 7.32. The number of benzene rings is 1. The van der Waals surface area contributed by atoms with E-state index in [4.69, 9.17) is 15.2 Å². The maximum Gasteiger partial charge on any atom is 0.231 e. The predicted octanol–water partition coefficient (Wildman–Crippen LogP) is 1.50. The molecule has 0 bridgehead atoms. The van der Waals surface area contributed by atoms with E-state index in [1.165, 1.54) is 0 Å². The van der Waals surface area contributed by atoms with E-state index in [0.29, 0.717) is 5.82 Å². The van der Waals surface area contributed by atoms with E-state index >= 15 is 0 Å². The summed E-state index contributed by atoms with van der Waals surface area (Å²) >= 11 is 0. The van der Waals surface area contributed by atoms with E-state index in [1.807, 2.05) is 24.3 Å². The number of rotatable bonds is 2. The third-order valence-corrected chi connectivity index (χ3v) is 2.67. The van der Waals surface area contributed by atoms with Crippen LogP contribution in [-0.2, 0) is 0 Å². The van der Waals surface area contributed by atoms with E-state index in [2.05, 4.69) is 15.3 Å².